The van der Waals surface area contributed by atoms with Crippen LogP contribution in [-0.4, -0.2) is 31.3 Å². The third kappa shape index (κ3) is 2.57. The second kappa shape index (κ2) is 6.68. The van der Waals surface area contributed by atoms with Crippen LogP contribution >= 0.6 is 0 Å². The molecule has 1 atom stereocenters. The number of aromatic nitrogens is 2. The van der Waals surface area contributed by atoms with Crippen LogP contribution < -0.4 is 30.2 Å². The van der Waals surface area contributed by atoms with Crippen LogP contribution in [0.25, 0.3) is 0 Å². The molecule has 134 valence electrons. The number of hydrogen-bond donors (Lipinski definition) is 2. The normalized spacial score (nSPS) is 15.5. The quantitative estimate of drug-likeness (QED) is 0.829. The van der Waals surface area contributed by atoms with Crippen molar-refractivity contribution in [1.29, 1.82) is 5.26 Å². The second-order valence-electron chi connectivity index (χ2n) is 5.32. The number of benzene rings is 1. The van der Waals surface area contributed by atoms with Gasteiger partial charge in [0.15, 0.2) is 11.5 Å². The van der Waals surface area contributed by atoms with Crippen LogP contribution in [0.15, 0.2) is 34.7 Å². The summed E-state index contributed by atoms with van der Waals surface area (Å²) in [6, 6.07) is 5.25. The van der Waals surface area contributed by atoms with Gasteiger partial charge in [-0.3, -0.25) is 4.79 Å². The van der Waals surface area contributed by atoms with Crippen LogP contribution in [0, 0.1) is 11.3 Å². The van der Waals surface area contributed by atoms with Crippen molar-refractivity contribution in [3.63, 3.8) is 0 Å². The highest BCUT2D eigenvalue weighted by atomic mass is 16.5. The van der Waals surface area contributed by atoms with E-state index in [9.17, 15) is 10.1 Å². The first-order chi connectivity index (χ1) is 12.5. The van der Waals surface area contributed by atoms with Gasteiger partial charge in [0.2, 0.25) is 11.8 Å². The summed E-state index contributed by atoms with van der Waals surface area (Å²) in [6.45, 7) is 0. The Labute approximate surface area is 148 Å². The molecule has 1 aromatic heterocycles. The minimum absolute atomic E-state index is 0.0343. The van der Waals surface area contributed by atoms with Crippen LogP contribution in [0.2, 0.25) is 0 Å². The molecule has 1 aliphatic rings. The van der Waals surface area contributed by atoms with Gasteiger partial charge in [0.05, 0.1) is 39.1 Å². The number of nitrogens with two attached hydrogens (primary N) is 1. The number of allylic oxidation sites excluding steroid dienone is 1. The van der Waals surface area contributed by atoms with Gasteiger partial charge in [-0.15, -0.1) is 0 Å². The van der Waals surface area contributed by atoms with Crippen LogP contribution in [0.1, 0.15) is 17.0 Å². The summed E-state index contributed by atoms with van der Waals surface area (Å²) in [5.74, 6) is 0.316. The fourth-order valence-corrected chi connectivity index (χ4v) is 2.88. The molecule has 9 nitrogen and oxygen atoms in total. The Morgan fingerprint density at radius 1 is 1.19 bits per heavy atom. The van der Waals surface area contributed by atoms with E-state index in [2.05, 4.69) is 9.97 Å². The molecule has 0 fully saturated rings. The van der Waals surface area contributed by atoms with E-state index in [-0.39, 0.29) is 22.9 Å². The standard InChI is InChI=1S/C17H16N4O5/c1-23-10-5-12(25-3)11(24-2)4-8(10)13-9(6-18)15(19)26-17-14(13)16(22)20-7-21-17/h4-5,7,13H,19H2,1-3H3,(H,20,21,22)/t13-/m1/s1. The third-order valence-corrected chi connectivity index (χ3v) is 4.07. The van der Waals surface area contributed by atoms with Crippen molar-refractivity contribution in [1.82, 2.24) is 9.97 Å². The maximum absolute atomic E-state index is 12.4. The minimum atomic E-state index is -0.837. The van der Waals surface area contributed by atoms with Crippen molar-refractivity contribution < 1.29 is 18.9 Å². The third-order valence-electron chi connectivity index (χ3n) is 4.07. The molecule has 2 heterocycles. The zero-order valence-electron chi connectivity index (χ0n) is 14.3. The van der Waals surface area contributed by atoms with E-state index in [1.807, 2.05) is 6.07 Å². The molecule has 0 spiro atoms. The highest BCUT2D eigenvalue weighted by Gasteiger charge is 2.36. The van der Waals surface area contributed by atoms with Crippen molar-refractivity contribution in [2.45, 2.75) is 5.92 Å². The lowest BCUT2D eigenvalue weighted by atomic mass is 9.84. The molecule has 9 heteroatoms. The Hall–Kier alpha value is -3.67. The van der Waals surface area contributed by atoms with Crippen molar-refractivity contribution in [2.75, 3.05) is 21.3 Å². The van der Waals surface area contributed by atoms with Crippen LogP contribution in [0.5, 0.6) is 23.1 Å². The van der Waals surface area contributed by atoms with Gasteiger partial charge in [-0.25, -0.2) is 4.98 Å². The van der Waals surface area contributed by atoms with E-state index in [4.69, 9.17) is 24.7 Å². The van der Waals surface area contributed by atoms with Crippen molar-refractivity contribution >= 4 is 0 Å². The highest BCUT2D eigenvalue weighted by molar-refractivity contribution is 5.60. The average Bonchev–Trinajstić information content (AvgIpc) is 2.65. The molecule has 0 amide bonds. The summed E-state index contributed by atoms with van der Waals surface area (Å²) >= 11 is 0. The van der Waals surface area contributed by atoms with E-state index >= 15 is 0 Å². The first-order valence-corrected chi connectivity index (χ1v) is 7.50. The number of methoxy groups -OCH3 is 3. The number of H-pyrrole nitrogens is 1. The second-order valence-corrected chi connectivity index (χ2v) is 5.32. The summed E-state index contributed by atoms with van der Waals surface area (Å²) in [5.41, 5.74) is 6.16. The topological polar surface area (TPSA) is 132 Å². The van der Waals surface area contributed by atoms with E-state index < -0.39 is 11.5 Å². The lowest BCUT2D eigenvalue weighted by Crippen LogP contribution is -2.28. The summed E-state index contributed by atoms with van der Waals surface area (Å²) < 4.78 is 21.4. The number of nitriles is 1. The summed E-state index contributed by atoms with van der Waals surface area (Å²) in [6.07, 6.45) is 1.20. The van der Waals surface area contributed by atoms with Crippen LogP contribution in [0.3, 0.4) is 0 Å². The lowest BCUT2D eigenvalue weighted by Gasteiger charge is -2.26. The molecule has 3 rings (SSSR count). The van der Waals surface area contributed by atoms with Gasteiger partial charge < -0.3 is 29.7 Å². The molecule has 0 bridgehead atoms. The molecule has 0 radical (unpaired) electrons. The van der Waals surface area contributed by atoms with Gasteiger partial charge in [-0.2, -0.15) is 5.26 Å². The Balaban J connectivity index is 2.35. The van der Waals surface area contributed by atoms with Gasteiger partial charge in [-0.1, -0.05) is 0 Å². The van der Waals surface area contributed by atoms with Gasteiger partial charge in [-0.05, 0) is 6.07 Å². The van der Waals surface area contributed by atoms with Gasteiger partial charge >= 0.3 is 0 Å². The predicted molar refractivity (Wildman–Crippen MR) is 90.3 cm³/mol. The number of nitrogens with one attached hydrogen (secondary N) is 1. The summed E-state index contributed by atoms with van der Waals surface area (Å²) in [4.78, 5) is 18.9. The number of fused-ring (bicyclic) bond motifs is 1. The number of aromatic amines is 1. The SMILES string of the molecule is COc1cc(OC)c([C@@H]2C(C#N)=C(N)Oc3nc[nH]c(=O)c32)cc1OC. The largest absolute Gasteiger partial charge is 0.496 e. The maximum atomic E-state index is 12.4. The molecule has 1 aliphatic heterocycles. The molecule has 2 aromatic rings. The fraction of sp³-hybridized carbons (Fsp3) is 0.235. The number of nitrogens with zero attached hydrogens (tertiary/aromatic N) is 2. The average molecular weight is 356 g/mol. The maximum Gasteiger partial charge on any atom is 0.258 e. The Bertz CT molecular complexity index is 990. The molecule has 0 aliphatic carbocycles. The molecule has 3 N–H and O–H groups in total. The van der Waals surface area contributed by atoms with Gasteiger partial charge in [0.1, 0.15) is 17.4 Å². The van der Waals surface area contributed by atoms with E-state index in [1.165, 1.54) is 27.7 Å². The zero-order valence-corrected chi connectivity index (χ0v) is 14.3. The van der Waals surface area contributed by atoms with Crippen molar-refractivity contribution in [3.05, 3.63) is 51.4 Å². The van der Waals surface area contributed by atoms with Crippen molar-refractivity contribution in [2.24, 2.45) is 5.73 Å². The highest BCUT2D eigenvalue weighted by Crippen LogP contribution is 2.45. The van der Waals surface area contributed by atoms with Crippen LogP contribution in [-0.2, 0) is 0 Å². The number of rotatable bonds is 4. The Morgan fingerprint density at radius 2 is 1.85 bits per heavy atom. The molecule has 0 saturated heterocycles. The van der Waals surface area contributed by atoms with Gasteiger partial charge in [0, 0.05) is 11.6 Å². The van der Waals surface area contributed by atoms with E-state index in [0.717, 1.165) is 0 Å². The molecular formula is C17H16N4O5. The lowest BCUT2D eigenvalue weighted by molar-refractivity contribution is 0.345. The monoisotopic (exact) mass is 356 g/mol. The first kappa shape index (κ1) is 17.2. The zero-order chi connectivity index (χ0) is 18.8. The molecular weight excluding hydrogens is 340 g/mol. The number of hydrogen-bond acceptors (Lipinski definition) is 8. The molecule has 0 unspecified atom stereocenters. The Kier molecular flexibility index (Phi) is 4.41. The summed E-state index contributed by atoms with van der Waals surface area (Å²) in [5, 5.41) is 9.60. The fourth-order valence-electron chi connectivity index (χ4n) is 2.88. The van der Waals surface area contributed by atoms with E-state index in [1.54, 1.807) is 12.1 Å². The molecule has 1 aromatic carbocycles. The first-order valence-electron chi connectivity index (χ1n) is 7.50. The molecule has 0 saturated carbocycles. The number of ether oxygens (including phenoxy) is 4. The molecule has 26 heavy (non-hydrogen) atoms. The van der Waals surface area contributed by atoms with E-state index in [0.29, 0.717) is 22.8 Å². The smallest absolute Gasteiger partial charge is 0.258 e. The predicted octanol–water partition coefficient (Wildman–Crippen LogP) is 1.01. The minimum Gasteiger partial charge on any atom is -0.496 e. The Morgan fingerprint density at radius 3 is 2.46 bits per heavy atom. The van der Waals surface area contributed by atoms with Gasteiger partial charge in [0.25, 0.3) is 5.56 Å². The van der Waals surface area contributed by atoms with Crippen LogP contribution in [0.4, 0.5) is 0 Å². The summed E-state index contributed by atoms with van der Waals surface area (Å²) in [7, 11) is 4.45. The van der Waals surface area contributed by atoms with Crippen molar-refractivity contribution in [3.8, 4) is 29.2 Å².